The van der Waals surface area contributed by atoms with Gasteiger partial charge in [-0.15, -0.1) is 0 Å². The van der Waals surface area contributed by atoms with Crippen molar-refractivity contribution in [1.29, 1.82) is 0 Å². The molecule has 0 heterocycles. The second-order valence-corrected chi connectivity index (χ2v) is 9.29. The topological polar surface area (TPSA) is 92.3 Å². The van der Waals surface area contributed by atoms with Gasteiger partial charge in [0.25, 0.3) is 20.0 Å². The highest BCUT2D eigenvalue weighted by molar-refractivity contribution is 7.93. The van der Waals surface area contributed by atoms with Crippen molar-refractivity contribution >= 4 is 31.4 Å². The monoisotopic (exact) mass is 420 g/mol. The van der Waals surface area contributed by atoms with Crippen LogP contribution in [0.5, 0.6) is 0 Å². The number of halogens is 1. The Kier molecular flexibility index (Phi) is 5.39. The minimum atomic E-state index is -4.33. The summed E-state index contributed by atoms with van der Waals surface area (Å²) in [5, 5.41) is 0. The Bertz CT molecular complexity index is 1100. The summed E-state index contributed by atoms with van der Waals surface area (Å²) >= 11 is 0. The summed E-state index contributed by atoms with van der Waals surface area (Å²) < 4.78 is 69.7. The number of aryl methyl sites for hydroxylation is 1. The van der Waals surface area contributed by atoms with Gasteiger partial charge < -0.3 is 0 Å². The zero-order chi connectivity index (χ0) is 20.4. The molecule has 0 amide bonds. The Balaban J connectivity index is 2.03. The summed E-state index contributed by atoms with van der Waals surface area (Å²) in [4.78, 5) is -1.08. The molecule has 2 N–H and O–H groups in total. The van der Waals surface area contributed by atoms with Gasteiger partial charge in [0.1, 0.15) is 10.7 Å². The van der Waals surface area contributed by atoms with Crippen molar-refractivity contribution < 1.29 is 21.2 Å². The van der Waals surface area contributed by atoms with Crippen LogP contribution in [0, 0.1) is 12.7 Å². The smallest absolute Gasteiger partial charge is 0.264 e. The molecule has 0 aliphatic carbocycles. The fourth-order valence-corrected chi connectivity index (χ4v) is 5.09. The summed E-state index contributed by atoms with van der Waals surface area (Å²) in [6.45, 7) is 1.39. The number of sulfonamides is 2. The molecule has 0 aliphatic rings. The Morgan fingerprint density at radius 3 is 1.57 bits per heavy atom. The lowest BCUT2D eigenvalue weighted by atomic mass is 10.2. The number of hydrogen-bond donors (Lipinski definition) is 2. The largest absolute Gasteiger partial charge is 0.280 e. The normalized spacial score (nSPS) is 11.8. The van der Waals surface area contributed by atoms with E-state index in [1.54, 1.807) is 48.5 Å². The molecule has 3 rings (SSSR count). The SMILES string of the molecule is Cc1cc(F)c(S(=O)(=O)Nc2ccccc2)cc1S(=O)(=O)Nc1ccccc1. The molecule has 146 valence electrons. The number of anilines is 2. The molecule has 0 fully saturated rings. The van der Waals surface area contributed by atoms with Crippen LogP contribution in [0.25, 0.3) is 0 Å². The van der Waals surface area contributed by atoms with Crippen molar-refractivity contribution in [2.45, 2.75) is 16.7 Å². The molecule has 0 atom stereocenters. The first-order chi connectivity index (χ1) is 13.2. The number of rotatable bonds is 6. The fourth-order valence-electron chi connectivity index (χ4n) is 2.56. The summed E-state index contributed by atoms with van der Waals surface area (Å²) in [6, 6.07) is 17.7. The molecule has 6 nitrogen and oxygen atoms in total. The van der Waals surface area contributed by atoms with Crippen LogP contribution in [0.3, 0.4) is 0 Å². The van der Waals surface area contributed by atoms with E-state index in [2.05, 4.69) is 9.44 Å². The molecule has 0 saturated heterocycles. The lowest BCUT2D eigenvalue weighted by Crippen LogP contribution is -2.18. The third-order valence-corrected chi connectivity index (χ3v) is 6.78. The van der Waals surface area contributed by atoms with Crippen molar-refractivity contribution in [2.75, 3.05) is 9.44 Å². The van der Waals surface area contributed by atoms with E-state index in [4.69, 9.17) is 0 Å². The van der Waals surface area contributed by atoms with E-state index in [-0.39, 0.29) is 16.1 Å². The van der Waals surface area contributed by atoms with Crippen LogP contribution in [0.1, 0.15) is 5.56 Å². The van der Waals surface area contributed by atoms with Crippen LogP contribution in [-0.4, -0.2) is 16.8 Å². The van der Waals surface area contributed by atoms with Gasteiger partial charge in [0, 0.05) is 11.4 Å². The molecule has 0 radical (unpaired) electrons. The van der Waals surface area contributed by atoms with Crippen molar-refractivity contribution in [3.63, 3.8) is 0 Å². The Morgan fingerprint density at radius 1 is 0.679 bits per heavy atom. The highest BCUT2D eigenvalue weighted by Gasteiger charge is 2.26. The van der Waals surface area contributed by atoms with E-state index in [0.717, 1.165) is 12.1 Å². The van der Waals surface area contributed by atoms with E-state index in [1.165, 1.54) is 19.1 Å². The first-order valence-electron chi connectivity index (χ1n) is 8.15. The number of nitrogens with one attached hydrogen (secondary N) is 2. The second-order valence-electron chi connectivity index (χ2n) is 5.99. The van der Waals surface area contributed by atoms with Gasteiger partial charge in [-0.2, -0.15) is 0 Å². The first-order valence-corrected chi connectivity index (χ1v) is 11.1. The van der Waals surface area contributed by atoms with Crippen LogP contribution in [-0.2, 0) is 20.0 Å². The van der Waals surface area contributed by atoms with Gasteiger partial charge in [-0.25, -0.2) is 21.2 Å². The van der Waals surface area contributed by atoms with Gasteiger partial charge in [0.2, 0.25) is 0 Å². The maximum Gasteiger partial charge on any atom is 0.264 e. The van der Waals surface area contributed by atoms with Crippen molar-refractivity contribution in [1.82, 2.24) is 0 Å². The molecule has 0 unspecified atom stereocenters. The van der Waals surface area contributed by atoms with Gasteiger partial charge >= 0.3 is 0 Å². The lowest BCUT2D eigenvalue weighted by Gasteiger charge is -2.14. The van der Waals surface area contributed by atoms with Crippen molar-refractivity contribution in [3.8, 4) is 0 Å². The Hall–Kier alpha value is -2.91. The van der Waals surface area contributed by atoms with Crippen LogP contribution in [0.2, 0.25) is 0 Å². The van der Waals surface area contributed by atoms with E-state index in [9.17, 15) is 21.2 Å². The Morgan fingerprint density at radius 2 is 1.11 bits per heavy atom. The minimum Gasteiger partial charge on any atom is -0.280 e. The van der Waals surface area contributed by atoms with Gasteiger partial charge in [-0.1, -0.05) is 36.4 Å². The summed E-state index contributed by atoms with van der Waals surface area (Å²) in [6.07, 6.45) is 0. The maximum absolute atomic E-state index is 14.4. The van der Waals surface area contributed by atoms with Gasteiger partial charge in [-0.05, 0) is 48.9 Å². The molecule has 0 bridgehead atoms. The molecule has 0 spiro atoms. The molecular formula is C19H17FN2O4S2. The lowest BCUT2D eigenvalue weighted by molar-refractivity contribution is 0.566. The maximum atomic E-state index is 14.4. The average molecular weight is 420 g/mol. The highest BCUT2D eigenvalue weighted by atomic mass is 32.2. The zero-order valence-electron chi connectivity index (χ0n) is 14.8. The van der Waals surface area contributed by atoms with Gasteiger partial charge in [-0.3, -0.25) is 9.44 Å². The average Bonchev–Trinajstić information content (AvgIpc) is 2.62. The molecule has 28 heavy (non-hydrogen) atoms. The molecular weight excluding hydrogens is 403 g/mol. The van der Waals surface area contributed by atoms with Crippen LogP contribution in [0.15, 0.2) is 82.6 Å². The van der Waals surface area contributed by atoms with Gasteiger partial charge in [0.15, 0.2) is 0 Å². The molecule has 0 saturated carbocycles. The van der Waals surface area contributed by atoms with E-state index >= 15 is 0 Å². The predicted molar refractivity (Wildman–Crippen MR) is 106 cm³/mol. The standard InChI is InChI=1S/C19H17FN2O4S2/c1-14-12-17(20)19(28(25,26)22-16-10-6-3-7-11-16)13-18(14)27(23,24)21-15-8-4-2-5-9-15/h2-13,21-22H,1H3. The van der Waals surface area contributed by atoms with E-state index < -0.39 is 30.8 Å². The minimum absolute atomic E-state index is 0.0830. The molecule has 3 aromatic rings. The number of hydrogen-bond acceptors (Lipinski definition) is 4. The zero-order valence-corrected chi connectivity index (χ0v) is 16.4. The van der Waals surface area contributed by atoms with Crippen LogP contribution < -0.4 is 9.44 Å². The quantitative estimate of drug-likeness (QED) is 0.635. The third kappa shape index (κ3) is 4.32. The van der Waals surface area contributed by atoms with E-state index in [0.29, 0.717) is 5.69 Å². The summed E-state index contributed by atoms with van der Waals surface area (Å²) in [7, 11) is -8.46. The van der Waals surface area contributed by atoms with Crippen molar-refractivity contribution in [3.05, 3.63) is 84.2 Å². The van der Waals surface area contributed by atoms with Crippen molar-refractivity contribution in [2.24, 2.45) is 0 Å². The molecule has 0 aliphatic heterocycles. The molecule has 3 aromatic carbocycles. The molecule has 0 aromatic heterocycles. The molecule has 9 heteroatoms. The predicted octanol–water partition coefficient (Wildman–Crippen LogP) is 3.74. The number of benzene rings is 3. The van der Waals surface area contributed by atoms with Gasteiger partial charge in [0.05, 0.1) is 4.90 Å². The summed E-state index contributed by atoms with van der Waals surface area (Å²) in [5.74, 6) is -1.04. The summed E-state index contributed by atoms with van der Waals surface area (Å²) in [5.41, 5.74) is 0.618. The second kappa shape index (κ2) is 7.61. The highest BCUT2D eigenvalue weighted by Crippen LogP contribution is 2.26. The Labute approximate surface area is 163 Å². The number of para-hydroxylation sites is 2. The van der Waals surface area contributed by atoms with E-state index in [1.807, 2.05) is 0 Å². The van der Waals surface area contributed by atoms with Crippen LogP contribution >= 0.6 is 0 Å². The first kappa shape index (κ1) is 19.8. The third-order valence-electron chi connectivity index (χ3n) is 3.86. The fraction of sp³-hybridized carbons (Fsp3) is 0.0526. The van der Waals surface area contributed by atoms with Crippen LogP contribution in [0.4, 0.5) is 15.8 Å².